The minimum atomic E-state index is 0.119. The van der Waals surface area contributed by atoms with Crippen molar-refractivity contribution >= 4 is 24.5 Å². The molecule has 0 radical (unpaired) electrons. The summed E-state index contributed by atoms with van der Waals surface area (Å²) >= 11 is 6.16. The lowest BCUT2D eigenvalue weighted by Crippen LogP contribution is -2.16. The molecule has 1 nitrogen and oxygen atoms in total. The van der Waals surface area contributed by atoms with Crippen LogP contribution in [0.2, 0.25) is 0 Å². The highest BCUT2D eigenvalue weighted by Gasteiger charge is 2.18. The summed E-state index contributed by atoms with van der Waals surface area (Å²) in [7, 11) is 0.215. The minimum Gasteiger partial charge on any atom is -0.488 e. The van der Waals surface area contributed by atoms with Crippen LogP contribution in [0.25, 0.3) is 0 Å². The van der Waals surface area contributed by atoms with Gasteiger partial charge >= 0.3 is 0 Å². The summed E-state index contributed by atoms with van der Waals surface area (Å²) in [6.07, 6.45) is 0. The number of rotatable bonds is 4. The van der Waals surface area contributed by atoms with Crippen LogP contribution in [0.15, 0.2) is 42.5 Å². The highest BCUT2D eigenvalue weighted by molar-refractivity contribution is 7.75. The van der Waals surface area contributed by atoms with E-state index in [0.29, 0.717) is 6.61 Å². The average molecular weight is 321 g/mol. The average Bonchev–Trinajstić information content (AvgIpc) is 2.45. The second kappa shape index (κ2) is 6.81. The molecule has 0 N–H and O–H groups in total. The first-order chi connectivity index (χ1) is 9.91. The van der Waals surface area contributed by atoms with Gasteiger partial charge in [0.25, 0.3) is 0 Å². The molecule has 2 rings (SSSR count). The molecule has 0 bridgehead atoms. The zero-order chi connectivity index (χ0) is 15.5. The molecule has 0 saturated heterocycles. The fourth-order valence-electron chi connectivity index (χ4n) is 2.20. The molecule has 0 aliphatic heterocycles. The number of benzene rings is 2. The zero-order valence-corrected chi connectivity index (χ0v) is 14.8. The largest absolute Gasteiger partial charge is 0.488 e. The Bertz CT molecular complexity index is 603. The van der Waals surface area contributed by atoms with Gasteiger partial charge in [-0.3, -0.25) is 0 Å². The van der Waals surface area contributed by atoms with Crippen LogP contribution in [0.3, 0.4) is 0 Å². The number of hydrogen-bond acceptors (Lipinski definition) is 1. The first kappa shape index (κ1) is 16.3. The summed E-state index contributed by atoms with van der Waals surface area (Å²) < 4.78 is 6.04. The fourth-order valence-corrected chi connectivity index (χ4v) is 3.18. The van der Waals surface area contributed by atoms with E-state index in [2.05, 4.69) is 52.0 Å². The van der Waals surface area contributed by atoms with Crippen LogP contribution in [0, 0.1) is 6.92 Å². The maximum absolute atomic E-state index is 6.16. The molecular formula is C18H22ClOP. The summed E-state index contributed by atoms with van der Waals surface area (Å²) in [5, 5.41) is 1.09. The normalized spacial score (nSPS) is 12.0. The minimum absolute atomic E-state index is 0.119. The van der Waals surface area contributed by atoms with Gasteiger partial charge in [0.05, 0.1) is 0 Å². The van der Waals surface area contributed by atoms with Crippen molar-refractivity contribution in [3.05, 3.63) is 59.2 Å². The van der Waals surface area contributed by atoms with Gasteiger partial charge in [0, 0.05) is 13.2 Å². The summed E-state index contributed by atoms with van der Waals surface area (Å²) in [4.78, 5) is 0. The molecule has 0 aromatic heterocycles. The van der Waals surface area contributed by atoms with E-state index < -0.39 is 0 Å². The van der Waals surface area contributed by atoms with E-state index in [1.165, 1.54) is 11.1 Å². The van der Waals surface area contributed by atoms with Gasteiger partial charge in [-0.25, -0.2) is 0 Å². The standard InChI is InChI=1S/C18H22ClOP/c1-13-10-15(18(2,3)4)11-16(21-19)17(13)20-12-14-8-6-5-7-9-14/h5-11,21H,12H2,1-4H3. The Kier molecular flexibility index (Phi) is 5.30. The topological polar surface area (TPSA) is 9.23 Å². The quantitative estimate of drug-likeness (QED) is 0.692. The molecule has 2 aromatic carbocycles. The maximum Gasteiger partial charge on any atom is 0.131 e. The molecular weight excluding hydrogens is 299 g/mol. The fraction of sp³-hybridized carbons (Fsp3) is 0.333. The summed E-state index contributed by atoms with van der Waals surface area (Å²) in [6.45, 7) is 9.31. The van der Waals surface area contributed by atoms with Crippen LogP contribution in [-0.2, 0) is 12.0 Å². The van der Waals surface area contributed by atoms with Gasteiger partial charge in [0.15, 0.2) is 0 Å². The Morgan fingerprint density at radius 1 is 1.10 bits per heavy atom. The second-order valence-electron chi connectivity index (χ2n) is 6.29. The van der Waals surface area contributed by atoms with E-state index in [1.807, 2.05) is 18.2 Å². The molecule has 2 aromatic rings. The summed E-state index contributed by atoms with van der Waals surface area (Å²) in [5.41, 5.74) is 3.74. The van der Waals surface area contributed by atoms with Crippen molar-refractivity contribution in [1.82, 2.24) is 0 Å². The highest BCUT2D eigenvalue weighted by atomic mass is 35.7. The third kappa shape index (κ3) is 4.22. The lowest BCUT2D eigenvalue weighted by Gasteiger charge is -2.22. The number of ether oxygens (including phenoxy) is 1. The van der Waals surface area contributed by atoms with Gasteiger partial charge in [0.1, 0.15) is 12.4 Å². The van der Waals surface area contributed by atoms with Gasteiger partial charge in [-0.1, -0.05) is 68.4 Å². The molecule has 0 aliphatic carbocycles. The predicted octanol–water partition coefficient (Wildman–Crippen LogP) is 5.33. The maximum atomic E-state index is 6.16. The third-order valence-corrected chi connectivity index (χ3v) is 4.65. The van der Waals surface area contributed by atoms with E-state index in [4.69, 9.17) is 16.0 Å². The van der Waals surface area contributed by atoms with E-state index in [0.717, 1.165) is 16.6 Å². The Hall–Kier alpha value is -1.04. The van der Waals surface area contributed by atoms with Gasteiger partial charge < -0.3 is 4.74 Å². The number of aryl methyl sites for hydroxylation is 1. The molecule has 0 heterocycles. The molecule has 112 valence electrons. The van der Waals surface area contributed by atoms with Crippen molar-refractivity contribution in [2.75, 3.05) is 0 Å². The molecule has 0 aliphatic rings. The van der Waals surface area contributed by atoms with Crippen LogP contribution < -0.4 is 10.0 Å². The first-order valence-electron chi connectivity index (χ1n) is 7.10. The van der Waals surface area contributed by atoms with Crippen molar-refractivity contribution in [3.8, 4) is 5.75 Å². The summed E-state index contributed by atoms with van der Waals surface area (Å²) in [6, 6.07) is 14.6. The van der Waals surface area contributed by atoms with E-state index >= 15 is 0 Å². The Balaban J connectivity index is 2.27. The second-order valence-corrected chi connectivity index (χ2v) is 7.58. The van der Waals surface area contributed by atoms with Gasteiger partial charge in [-0.2, -0.15) is 0 Å². The van der Waals surface area contributed by atoms with Crippen molar-refractivity contribution in [1.29, 1.82) is 0 Å². The Labute approximate surface area is 134 Å². The lowest BCUT2D eigenvalue weighted by atomic mass is 9.86. The molecule has 0 amide bonds. The molecule has 3 heteroatoms. The molecule has 0 spiro atoms. The van der Waals surface area contributed by atoms with Crippen molar-refractivity contribution < 1.29 is 4.74 Å². The first-order valence-corrected chi connectivity index (χ1v) is 9.11. The molecule has 0 saturated carbocycles. The van der Waals surface area contributed by atoms with Gasteiger partial charge in [-0.15, -0.1) is 0 Å². The molecule has 0 fully saturated rings. The predicted molar refractivity (Wildman–Crippen MR) is 94.5 cm³/mol. The smallest absolute Gasteiger partial charge is 0.131 e. The van der Waals surface area contributed by atoms with Crippen molar-refractivity contribution in [2.24, 2.45) is 0 Å². The molecule has 21 heavy (non-hydrogen) atoms. The van der Waals surface area contributed by atoms with E-state index in [1.54, 1.807) is 0 Å². The van der Waals surface area contributed by atoms with E-state index in [9.17, 15) is 0 Å². The Morgan fingerprint density at radius 2 is 1.76 bits per heavy atom. The Morgan fingerprint density at radius 3 is 2.33 bits per heavy atom. The van der Waals surface area contributed by atoms with Crippen LogP contribution >= 0.6 is 19.2 Å². The van der Waals surface area contributed by atoms with Gasteiger partial charge in [-0.05, 0) is 35.1 Å². The zero-order valence-electron chi connectivity index (χ0n) is 13.0. The van der Waals surface area contributed by atoms with Gasteiger partial charge in [0.2, 0.25) is 0 Å². The third-order valence-electron chi connectivity index (χ3n) is 3.47. The van der Waals surface area contributed by atoms with Crippen molar-refractivity contribution in [3.63, 3.8) is 0 Å². The van der Waals surface area contributed by atoms with Crippen LogP contribution in [0.4, 0.5) is 0 Å². The SMILES string of the molecule is Cc1cc(C(C)(C)C)cc(PCl)c1OCc1ccccc1. The van der Waals surface area contributed by atoms with Crippen molar-refractivity contribution in [2.45, 2.75) is 39.7 Å². The van der Waals surface area contributed by atoms with Crippen LogP contribution in [0.1, 0.15) is 37.5 Å². The molecule has 1 atom stereocenters. The van der Waals surface area contributed by atoms with E-state index in [-0.39, 0.29) is 13.3 Å². The monoisotopic (exact) mass is 320 g/mol. The van der Waals surface area contributed by atoms with Crippen LogP contribution in [0.5, 0.6) is 5.75 Å². The summed E-state index contributed by atoms with van der Waals surface area (Å²) in [5.74, 6) is 0.931. The number of halogens is 1. The lowest BCUT2D eigenvalue weighted by molar-refractivity contribution is 0.306. The highest BCUT2D eigenvalue weighted by Crippen LogP contribution is 2.32. The van der Waals surface area contributed by atoms with Crippen LogP contribution in [-0.4, -0.2) is 0 Å². The molecule has 1 unspecified atom stereocenters. The number of hydrogen-bond donors (Lipinski definition) is 0.